The molecule has 6 heteroatoms. The van der Waals surface area contributed by atoms with Gasteiger partial charge in [0, 0.05) is 18.8 Å². The molecule has 1 aliphatic rings. The molecular weight excluding hydrogens is 348 g/mol. The number of aryl methyl sites for hydroxylation is 2. The van der Waals surface area contributed by atoms with Crippen LogP contribution < -0.4 is 5.32 Å². The van der Waals surface area contributed by atoms with Crippen molar-refractivity contribution >= 4 is 21.6 Å². The molecule has 0 aliphatic carbocycles. The van der Waals surface area contributed by atoms with Gasteiger partial charge in [-0.25, -0.2) is 8.42 Å². The fourth-order valence-electron chi connectivity index (χ4n) is 3.26. The molecule has 0 aromatic heterocycles. The average molecular weight is 372 g/mol. The first-order valence-electron chi connectivity index (χ1n) is 8.81. The second-order valence-electron chi connectivity index (χ2n) is 6.83. The monoisotopic (exact) mass is 372 g/mol. The highest BCUT2D eigenvalue weighted by Gasteiger charge is 2.34. The number of piperidine rings is 1. The van der Waals surface area contributed by atoms with E-state index < -0.39 is 10.0 Å². The lowest BCUT2D eigenvalue weighted by atomic mass is 9.99. The molecular formula is C20H24N2O3S. The zero-order valence-corrected chi connectivity index (χ0v) is 15.9. The van der Waals surface area contributed by atoms with Crippen molar-refractivity contribution in [2.24, 2.45) is 5.92 Å². The molecule has 2 aromatic carbocycles. The highest BCUT2D eigenvalue weighted by molar-refractivity contribution is 7.89. The van der Waals surface area contributed by atoms with Crippen LogP contribution in [0.25, 0.3) is 0 Å². The van der Waals surface area contributed by atoms with Crippen molar-refractivity contribution in [1.82, 2.24) is 4.31 Å². The molecule has 1 saturated heterocycles. The maximum Gasteiger partial charge on any atom is 0.243 e. The van der Waals surface area contributed by atoms with E-state index in [0.717, 1.165) is 16.8 Å². The molecule has 1 fully saturated rings. The lowest BCUT2D eigenvalue weighted by Gasteiger charge is -2.31. The number of rotatable bonds is 4. The van der Waals surface area contributed by atoms with Gasteiger partial charge in [-0.3, -0.25) is 4.79 Å². The molecule has 0 bridgehead atoms. The van der Waals surface area contributed by atoms with Crippen molar-refractivity contribution in [3.8, 4) is 0 Å². The third-order valence-electron chi connectivity index (χ3n) is 4.76. The van der Waals surface area contributed by atoms with Crippen LogP contribution in [0.5, 0.6) is 0 Å². The number of nitrogens with one attached hydrogen (secondary N) is 1. The summed E-state index contributed by atoms with van der Waals surface area (Å²) in [6, 6.07) is 14.7. The third-order valence-corrected chi connectivity index (χ3v) is 6.76. The van der Waals surface area contributed by atoms with Crippen molar-refractivity contribution in [3.63, 3.8) is 0 Å². The molecule has 0 unspecified atom stereocenters. The molecule has 138 valence electrons. The van der Waals surface area contributed by atoms with Crippen LogP contribution in [0, 0.1) is 19.8 Å². The topological polar surface area (TPSA) is 66.5 Å². The Morgan fingerprint density at radius 3 is 2.58 bits per heavy atom. The number of para-hydroxylation sites is 1. The molecule has 0 radical (unpaired) electrons. The van der Waals surface area contributed by atoms with Gasteiger partial charge in [0.15, 0.2) is 0 Å². The second-order valence-corrected chi connectivity index (χ2v) is 8.73. The summed E-state index contributed by atoms with van der Waals surface area (Å²) < 4.78 is 27.6. The highest BCUT2D eigenvalue weighted by atomic mass is 32.2. The van der Waals surface area contributed by atoms with E-state index >= 15 is 0 Å². The second kappa shape index (κ2) is 7.60. The van der Waals surface area contributed by atoms with Gasteiger partial charge in [-0.2, -0.15) is 4.31 Å². The molecule has 3 rings (SSSR count). The van der Waals surface area contributed by atoms with E-state index in [1.165, 1.54) is 4.31 Å². The standard InChI is InChI=1S/C20H24N2O3S/c1-15-10-11-16(2)19(13-15)26(24,25)22-12-6-7-17(14-22)20(23)21-18-8-4-3-5-9-18/h3-5,8-11,13,17H,6-7,12,14H2,1-2H3,(H,21,23)/t17-/m1/s1. The number of amides is 1. The maximum absolute atomic E-state index is 13.1. The normalized spacial score (nSPS) is 18.5. The summed E-state index contributed by atoms with van der Waals surface area (Å²) in [4.78, 5) is 12.9. The molecule has 1 atom stereocenters. The van der Waals surface area contributed by atoms with Gasteiger partial charge in [-0.1, -0.05) is 30.3 Å². The smallest absolute Gasteiger partial charge is 0.243 e. The predicted molar refractivity (Wildman–Crippen MR) is 102 cm³/mol. The Kier molecular flexibility index (Phi) is 5.44. The number of anilines is 1. The summed E-state index contributed by atoms with van der Waals surface area (Å²) >= 11 is 0. The largest absolute Gasteiger partial charge is 0.326 e. The SMILES string of the molecule is Cc1ccc(C)c(S(=O)(=O)N2CCC[C@@H](C(=O)Nc3ccccc3)C2)c1. The quantitative estimate of drug-likeness (QED) is 0.895. The van der Waals surface area contributed by atoms with Crippen LogP contribution in [-0.4, -0.2) is 31.7 Å². The van der Waals surface area contributed by atoms with Crippen molar-refractivity contribution in [3.05, 3.63) is 59.7 Å². The van der Waals surface area contributed by atoms with Gasteiger partial charge in [-0.05, 0) is 56.0 Å². The zero-order chi connectivity index (χ0) is 18.7. The fourth-order valence-corrected chi connectivity index (χ4v) is 5.10. The van der Waals surface area contributed by atoms with Crippen LogP contribution in [0.15, 0.2) is 53.4 Å². The van der Waals surface area contributed by atoms with Gasteiger partial charge < -0.3 is 5.32 Å². The summed E-state index contributed by atoms with van der Waals surface area (Å²) in [6.45, 7) is 4.35. The number of hydrogen-bond acceptors (Lipinski definition) is 3. The minimum absolute atomic E-state index is 0.128. The average Bonchev–Trinajstić information content (AvgIpc) is 2.64. The minimum Gasteiger partial charge on any atom is -0.326 e. The maximum atomic E-state index is 13.1. The molecule has 5 nitrogen and oxygen atoms in total. The number of sulfonamides is 1. The van der Waals surface area contributed by atoms with Gasteiger partial charge in [0.05, 0.1) is 10.8 Å². The Bertz CT molecular complexity index is 895. The van der Waals surface area contributed by atoms with Crippen LogP contribution in [0.4, 0.5) is 5.69 Å². The van der Waals surface area contributed by atoms with E-state index in [4.69, 9.17) is 0 Å². The van der Waals surface area contributed by atoms with Gasteiger partial charge in [-0.15, -0.1) is 0 Å². The van der Waals surface area contributed by atoms with E-state index in [2.05, 4.69) is 5.32 Å². The Morgan fingerprint density at radius 1 is 1.12 bits per heavy atom. The van der Waals surface area contributed by atoms with Crippen LogP contribution in [0.1, 0.15) is 24.0 Å². The van der Waals surface area contributed by atoms with Crippen LogP contribution in [0.3, 0.4) is 0 Å². The van der Waals surface area contributed by atoms with Crippen LogP contribution in [0.2, 0.25) is 0 Å². The summed E-state index contributed by atoms with van der Waals surface area (Å²) in [7, 11) is -3.60. The Labute approximate surface area is 155 Å². The number of nitrogens with zero attached hydrogens (tertiary/aromatic N) is 1. The third kappa shape index (κ3) is 3.97. The molecule has 1 aliphatic heterocycles. The van der Waals surface area contributed by atoms with Crippen molar-refractivity contribution in [2.45, 2.75) is 31.6 Å². The molecule has 1 N–H and O–H groups in total. The molecule has 1 amide bonds. The molecule has 0 spiro atoms. The van der Waals surface area contributed by atoms with Crippen molar-refractivity contribution < 1.29 is 13.2 Å². The van der Waals surface area contributed by atoms with Crippen LogP contribution in [-0.2, 0) is 14.8 Å². The first-order chi connectivity index (χ1) is 12.4. The number of carbonyl (C=O) groups excluding carboxylic acids is 1. The van der Waals surface area contributed by atoms with Crippen molar-refractivity contribution in [1.29, 1.82) is 0 Å². The van der Waals surface area contributed by atoms with Gasteiger partial charge in [0.1, 0.15) is 0 Å². The van der Waals surface area contributed by atoms with E-state index in [-0.39, 0.29) is 18.4 Å². The zero-order valence-electron chi connectivity index (χ0n) is 15.1. The Balaban J connectivity index is 1.77. The van der Waals surface area contributed by atoms with Gasteiger partial charge in [0.25, 0.3) is 0 Å². The minimum atomic E-state index is -3.60. The molecule has 2 aromatic rings. The number of hydrogen-bond donors (Lipinski definition) is 1. The fraction of sp³-hybridized carbons (Fsp3) is 0.350. The van der Waals surface area contributed by atoms with Crippen molar-refractivity contribution in [2.75, 3.05) is 18.4 Å². The van der Waals surface area contributed by atoms with Gasteiger partial charge >= 0.3 is 0 Å². The summed E-state index contributed by atoms with van der Waals surface area (Å²) in [5.74, 6) is -0.471. The first-order valence-corrected chi connectivity index (χ1v) is 10.3. The van der Waals surface area contributed by atoms with E-state index in [1.54, 1.807) is 13.0 Å². The summed E-state index contributed by atoms with van der Waals surface area (Å²) in [5, 5.41) is 2.88. The Morgan fingerprint density at radius 2 is 1.85 bits per heavy atom. The lowest BCUT2D eigenvalue weighted by molar-refractivity contribution is -0.120. The van der Waals surface area contributed by atoms with E-state index in [9.17, 15) is 13.2 Å². The molecule has 0 saturated carbocycles. The number of carbonyl (C=O) groups is 1. The summed E-state index contributed by atoms with van der Waals surface area (Å²) in [6.07, 6.45) is 1.37. The first kappa shape index (κ1) is 18.6. The highest BCUT2D eigenvalue weighted by Crippen LogP contribution is 2.27. The lowest BCUT2D eigenvalue weighted by Crippen LogP contribution is -2.43. The van der Waals surface area contributed by atoms with Crippen LogP contribution >= 0.6 is 0 Å². The Hall–Kier alpha value is -2.18. The van der Waals surface area contributed by atoms with E-state index in [1.807, 2.05) is 49.4 Å². The number of benzene rings is 2. The van der Waals surface area contributed by atoms with E-state index in [0.29, 0.717) is 24.3 Å². The molecule has 1 heterocycles. The van der Waals surface area contributed by atoms with Gasteiger partial charge in [0.2, 0.25) is 15.9 Å². The molecule has 26 heavy (non-hydrogen) atoms. The predicted octanol–water partition coefficient (Wildman–Crippen LogP) is 3.34. The summed E-state index contributed by atoms with van der Waals surface area (Å²) in [5.41, 5.74) is 2.36.